The van der Waals surface area contributed by atoms with E-state index in [1.54, 1.807) is 0 Å². The minimum Gasteiger partial charge on any atom is -0.480 e. The first kappa shape index (κ1) is 16.3. The van der Waals surface area contributed by atoms with E-state index in [1.807, 2.05) is 6.07 Å². The molecule has 0 saturated carbocycles. The fraction of sp³-hybridized carbons (Fsp3) is 0.167. The summed E-state index contributed by atoms with van der Waals surface area (Å²) in [5.41, 5.74) is 5.44. The molecule has 1 aromatic carbocycles. The number of amides is 3. The smallest absolute Gasteiger partial charge is 0.323 e. The summed E-state index contributed by atoms with van der Waals surface area (Å²) in [7, 11) is 0. The van der Waals surface area contributed by atoms with Crippen LogP contribution in [0, 0.1) is 11.3 Å². The van der Waals surface area contributed by atoms with Crippen LogP contribution in [0.15, 0.2) is 18.2 Å². The van der Waals surface area contributed by atoms with Crippen molar-refractivity contribution in [1.82, 2.24) is 4.90 Å². The molecule has 4 N–H and O–H groups in total. The van der Waals surface area contributed by atoms with E-state index >= 15 is 0 Å². The molecule has 0 radical (unpaired) electrons. The Labute approximate surface area is 124 Å². The summed E-state index contributed by atoms with van der Waals surface area (Å²) in [6.07, 6.45) is 0. The molecule has 0 heterocycles. The molecule has 0 aliphatic carbocycles. The number of carboxylic acid groups (broad SMARTS) is 1. The maximum absolute atomic E-state index is 11.9. The van der Waals surface area contributed by atoms with Gasteiger partial charge >= 0.3 is 12.0 Å². The Kier molecular flexibility index (Phi) is 5.51. The Bertz CT molecular complexity index is 610. The van der Waals surface area contributed by atoms with E-state index in [1.165, 1.54) is 18.2 Å². The number of halogens is 1. The summed E-state index contributed by atoms with van der Waals surface area (Å²) in [6, 6.07) is 5.19. The molecular formula is C12H11ClN4O4. The Morgan fingerprint density at radius 1 is 1.38 bits per heavy atom. The number of rotatable bonds is 5. The topological polar surface area (TPSA) is 137 Å². The van der Waals surface area contributed by atoms with Crippen LogP contribution in [-0.4, -0.2) is 41.0 Å². The maximum atomic E-state index is 11.9. The number of aliphatic carboxylic acids is 1. The van der Waals surface area contributed by atoms with Crippen molar-refractivity contribution in [2.24, 2.45) is 5.73 Å². The molecule has 3 amide bonds. The van der Waals surface area contributed by atoms with Crippen LogP contribution in [0.5, 0.6) is 0 Å². The van der Waals surface area contributed by atoms with Crippen LogP contribution < -0.4 is 11.1 Å². The van der Waals surface area contributed by atoms with E-state index in [-0.39, 0.29) is 16.3 Å². The molecule has 0 aliphatic rings. The van der Waals surface area contributed by atoms with Crippen LogP contribution in [0.3, 0.4) is 0 Å². The van der Waals surface area contributed by atoms with Crippen molar-refractivity contribution in [3.8, 4) is 6.07 Å². The Morgan fingerprint density at radius 3 is 2.52 bits per heavy atom. The Balaban J connectivity index is 2.85. The number of carbonyl (C=O) groups excluding carboxylic acids is 2. The first-order valence-electron chi connectivity index (χ1n) is 5.59. The van der Waals surface area contributed by atoms with Gasteiger partial charge in [0.25, 0.3) is 0 Å². The summed E-state index contributed by atoms with van der Waals surface area (Å²) in [4.78, 5) is 34.1. The molecule has 0 saturated heterocycles. The second-order valence-corrected chi connectivity index (χ2v) is 4.36. The zero-order chi connectivity index (χ0) is 16.0. The summed E-state index contributed by atoms with van der Waals surface area (Å²) < 4.78 is 0. The number of hydrogen-bond donors (Lipinski definition) is 3. The molecule has 0 aliphatic heterocycles. The van der Waals surface area contributed by atoms with Crippen molar-refractivity contribution in [3.05, 3.63) is 28.8 Å². The molecule has 0 aromatic heterocycles. The predicted molar refractivity (Wildman–Crippen MR) is 73.6 cm³/mol. The highest BCUT2D eigenvalue weighted by atomic mass is 35.5. The number of primary amides is 1. The summed E-state index contributed by atoms with van der Waals surface area (Å²) in [5, 5.41) is 19.9. The summed E-state index contributed by atoms with van der Waals surface area (Å²) >= 11 is 5.81. The van der Waals surface area contributed by atoms with Crippen molar-refractivity contribution in [2.45, 2.75) is 0 Å². The van der Waals surface area contributed by atoms with Crippen LogP contribution in [0.2, 0.25) is 5.02 Å². The number of hydrogen-bond acceptors (Lipinski definition) is 4. The minimum atomic E-state index is -1.29. The fourth-order valence-electron chi connectivity index (χ4n) is 1.44. The van der Waals surface area contributed by atoms with Gasteiger partial charge < -0.3 is 21.1 Å². The highest BCUT2D eigenvalue weighted by molar-refractivity contribution is 6.32. The van der Waals surface area contributed by atoms with Gasteiger partial charge in [-0.05, 0) is 18.2 Å². The van der Waals surface area contributed by atoms with E-state index in [4.69, 9.17) is 27.7 Å². The van der Waals surface area contributed by atoms with Crippen LogP contribution in [0.4, 0.5) is 10.5 Å². The summed E-state index contributed by atoms with van der Waals surface area (Å²) in [5.74, 6) is -2.13. The van der Waals surface area contributed by atoms with Crippen LogP contribution >= 0.6 is 11.6 Å². The molecule has 1 aromatic rings. The van der Waals surface area contributed by atoms with Gasteiger partial charge in [0.2, 0.25) is 5.91 Å². The van der Waals surface area contributed by atoms with E-state index in [9.17, 15) is 14.4 Å². The zero-order valence-electron chi connectivity index (χ0n) is 10.7. The number of urea groups is 1. The summed E-state index contributed by atoms with van der Waals surface area (Å²) in [6.45, 7) is -1.22. The van der Waals surface area contributed by atoms with Crippen molar-refractivity contribution >= 4 is 35.2 Å². The molecular weight excluding hydrogens is 300 g/mol. The monoisotopic (exact) mass is 310 g/mol. The predicted octanol–water partition coefficient (Wildman–Crippen LogP) is 0.615. The van der Waals surface area contributed by atoms with Crippen LogP contribution in [0.1, 0.15) is 5.56 Å². The van der Waals surface area contributed by atoms with Crippen LogP contribution in [-0.2, 0) is 9.59 Å². The van der Waals surface area contributed by atoms with Gasteiger partial charge in [0.05, 0.1) is 10.6 Å². The third kappa shape index (κ3) is 5.00. The zero-order valence-corrected chi connectivity index (χ0v) is 11.4. The van der Waals surface area contributed by atoms with Gasteiger partial charge in [0, 0.05) is 5.69 Å². The number of carbonyl (C=O) groups is 3. The lowest BCUT2D eigenvalue weighted by atomic mass is 10.2. The average Bonchev–Trinajstić information content (AvgIpc) is 2.37. The van der Waals surface area contributed by atoms with Gasteiger partial charge in [-0.15, -0.1) is 0 Å². The van der Waals surface area contributed by atoms with E-state index in [2.05, 4.69) is 5.32 Å². The normalized spacial score (nSPS) is 9.52. The number of nitrogens with zero attached hydrogens (tertiary/aromatic N) is 2. The standard InChI is InChI=1S/C12H11ClN4O4/c13-9-3-8(2-1-7(9)4-14)16-12(21)17(5-10(15)18)6-11(19)20/h1-3H,5-6H2,(H2,15,18)(H,16,21)(H,19,20). The first-order chi connectivity index (χ1) is 9.83. The minimum absolute atomic E-state index is 0.134. The number of nitriles is 1. The number of nitrogens with one attached hydrogen (secondary N) is 1. The van der Waals surface area contributed by atoms with Crippen molar-refractivity contribution in [1.29, 1.82) is 5.26 Å². The van der Waals surface area contributed by atoms with Gasteiger partial charge in [-0.3, -0.25) is 9.59 Å². The number of nitrogens with two attached hydrogens (primary N) is 1. The number of carboxylic acids is 1. The Hall–Kier alpha value is -2.79. The van der Waals surface area contributed by atoms with Gasteiger partial charge in [0.15, 0.2) is 0 Å². The van der Waals surface area contributed by atoms with E-state index in [0.29, 0.717) is 0 Å². The maximum Gasteiger partial charge on any atom is 0.323 e. The number of anilines is 1. The average molecular weight is 311 g/mol. The van der Waals surface area contributed by atoms with E-state index < -0.39 is 31.0 Å². The lowest BCUT2D eigenvalue weighted by Gasteiger charge is -2.19. The third-order valence-electron chi connectivity index (χ3n) is 2.30. The largest absolute Gasteiger partial charge is 0.480 e. The van der Waals surface area contributed by atoms with Gasteiger partial charge in [-0.2, -0.15) is 5.26 Å². The highest BCUT2D eigenvalue weighted by Crippen LogP contribution is 2.20. The van der Waals surface area contributed by atoms with Gasteiger partial charge in [0.1, 0.15) is 19.2 Å². The van der Waals surface area contributed by atoms with Crippen molar-refractivity contribution < 1.29 is 19.5 Å². The van der Waals surface area contributed by atoms with Crippen molar-refractivity contribution in [3.63, 3.8) is 0 Å². The molecule has 110 valence electrons. The molecule has 1 rings (SSSR count). The molecule has 21 heavy (non-hydrogen) atoms. The molecule has 9 heteroatoms. The first-order valence-corrected chi connectivity index (χ1v) is 5.97. The fourth-order valence-corrected chi connectivity index (χ4v) is 1.66. The quantitative estimate of drug-likeness (QED) is 0.732. The van der Waals surface area contributed by atoms with Gasteiger partial charge in [-0.1, -0.05) is 11.6 Å². The molecule has 0 unspecified atom stereocenters. The third-order valence-corrected chi connectivity index (χ3v) is 2.61. The van der Waals surface area contributed by atoms with Crippen LogP contribution in [0.25, 0.3) is 0 Å². The second-order valence-electron chi connectivity index (χ2n) is 3.95. The molecule has 8 nitrogen and oxygen atoms in total. The molecule has 0 atom stereocenters. The SMILES string of the molecule is N#Cc1ccc(NC(=O)N(CC(N)=O)CC(=O)O)cc1Cl. The number of benzene rings is 1. The Morgan fingerprint density at radius 2 is 2.05 bits per heavy atom. The molecule has 0 fully saturated rings. The second kappa shape index (κ2) is 7.12. The molecule has 0 bridgehead atoms. The lowest BCUT2D eigenvalue weighted by molar-refractivity contribution is -0.137. The molecule has 0 spiro atoms. The highest BCUT2D eigenvalue weighted by Gasteiger charge is 2.19. The lowest BCUT2D eigenvalue weighted by Crippen LogP contribution is -2.43. The van der Waals surface area contributed by atoms with Gasteiger partial charge in [-0.25, -0.2) is 4.79 Å². The van der Waals surface area contributed by atoms with Crippen molar-refractivity contribution in [2.75, 3.05) is 18.4 Å². The van der Waals surface area contributed by atoms with E-state index in [0.717, 1.165) is 4.90 Å².